The normalized spacial score (nSPS) is 16.3. The van der Waals surface area contributed by atoms with E-state index in [4.69, 9.17) is 9.47 Å². The van der Waals surface area contributed by atoms with E-state index in [1.807, 2.05) is 31.2 Å². The zero-order chi connectivity index (χ0) is 14.5. The van der Waals surface area contributed by atoms with Crippen LogP contribution in [0.25, 0.3) is 0 Å². The Kier molecular flexibility index (Phi) is 4.41. The molecule has 1 heterocycles. The van der Waals surface area contributed by atoms with Crippen LogP contribution in [0.4, 0.5) is 0 Å². The third-order valence-electron chi connectivity index (χ3n) is 3.73. The van der Waals surface area contributed by atoms with Crippen molar-refractivity contribution in [1.82, 2.24) is 5.32 Å². The van der Waals surface area contributed by atoms with E-state index in [2.05, 4.69) is 29.6 Å². The molecule has 110 valence electrons. The molecule has 1 aliphatic rings. The highest BCUT2D eigenvalue weighted by atomic mass is 16.5. The van der Waals surface area contributed by atoms with Crippen LogP contribution in [0.1, 0.15) is 24.0 Å². The second-order valence-electron chi connectivity index (χ2n) is 5.26. The van der Waals surface area contributed by atoms with Gasteiger partial charge in [-0.1, -0.05) is 30.3 Å². The van der Waals surface area contributed by atoms with Gasteiger partial charge in [0.1, 0.15) is 11.5 Å². The molecule has 0 radical (unpaired) electrons. The smallest absolute Gasteiger partial charge is 0.122 e. The Morgan fingerprint density at radius 2 is 2.10 bits per heavy atom. The van der Waals surface area contributed by atoms with Crippen LogP contribution in [-0.4, -0.2) is 19.8 Å². The molecule has 3 nitrogen and oxygen atoms in total. The average molecular weight is 283 g/mol. The third kappa shape index (κ3) is 3.37. The zero-order valence-electron chi connectivity index (χ0n) is 12.3. The number of hydrogen-bond acceptors (Lipinski definition) is 3. The van der Waals surface area contributed by atoms with E-state index in [1.165, 1.54) is 11.1 Å². The maximum atomic E-state index is 5.70. The molecule has 0 aliphatic carbocycles. The number of nitrogens with one attached hydrogen (secondary N) is 1. The standard InChI is InChI=1S/C18H21NO2/c1-2-20-16-7-5-6-14(10-16)11-19-12-15-13-21-18-9-4-3-8-17(15)18/h3-10,15,19H,2,11-13H2,1H3. The van der Waals surface area contributed by atoms with Crippen LogP contribution in [0.5, 0.6) is 11.5 Å². The van der Waals surface area contributed by atoms with E-state index >= 15 is 0 Å². The van der Waals surface area contributed by atoms with Crippen LogP contribution in [0.3, 0.4) is 0 Å². The van der Waals surface area contributed by atoms with Gasteiger partial charge < -0.3 is 14.8 Å². The van der Waals surface area contributed by atoms with Crippen molar-refractivity contribution >= 4 is 0 Å². The number of hydrogen-bond donors (Lipinski definition) is 1. The molecule has 1 atom stereocenters. The maximum Gasteiger partial charge on any atom is 0.122 e. The van der Waals surface area contributed by atoms with E-state index < -0.39 is 0 Å². The van der Waals surface area contributed by atoms with Gasteiger partial charge in [0, 0.05) is 24.6 Å². The van der Waals surface area contributed by atoms with Gasteiger partial charge in [0.05, 0.1) is 13.2 Å². The first-order chi connectivity index (χ1) is 10.4. The summed E-state index contributed by atoms with van der Waals surface area (Å²) in [7, 11) is 0. The summed E-state index contributed by atoms with van der Waals surface area (Å²) in [5.74, 6) is 2.41. The second-order valence-corrected chi connectivity index (χ2v) is 5.26. The van der Waals surface area contributed by atoms with Crippen molar-refractivity contribution in [3.8, 4) is 11.5 Å². The summed E-state index contributed by atoms with van der Waals surface area (Å²) in [5.41, 5.74) is 2.56. The number of rotatable bonds is 6. The summed E-state index contributed by atoms with van der Waals surface area (Å²) < 4.78 is 11.2. The largest absolute Gasteiger partial charge is 0.494 e. The SMILES string of the molecule is CCOc1cccc(CNCC2COc3ccccc32)c1. The Morgan fingerprint density at radius 1 is 1.19 bits per heavy atom. The molecule has 0 fully saturated rings. The number of ether oxygens (including phenoxy) is 2. The molecule has 1 aliphatic heterocycles. The van der Waals surface area contributed by atoms with Crippen LogP contribution >= 0.6 is 0 Å². The second kappa shape index (κ2) is 6.64. The lowest BCUT2D eigenvalue weighted by molar-refractivity contribution is 0.326. The van der Waals surface area contributed by atoms with Crippen LogP contribution < -0.4 is 14.8 Å². The topological polar surface area (TPSA) is 30.5 Å². The quantitative estimate of drug-likeness (QED) is 0.882. The fraction of sp³-hybridized carbons (Fsp3) is 0.333. The zero-order valence-corrected chi connectivity index (χ0v) is 12.3. The Hall–Kier alpha value is -2.00. The van der Waals surface area contributed by atoms with Crippen molar-refractivity contribution in [2.45, 2.75) is 19.4 Å². The van der Waals surface area contributed by atoms with Crippen LogP contribution in [0, 0.1) is 0 Å². The van der Waals surface area contributed by atoms with Crippen LogP contribution in [-0.2, 0) is 6.54 Å². The maximum absolute atomic E-state index is 5.70. The molecule has 3 heteroatoms. The average Bonchev–Trinajstić information content (AvgIpc) is 2.92. The van der Waals surface area contributed by atoms with Crippen molar-refractivity contribution in [2.75, 3.05) is 19.8 Å². The molecule has 1 unspecified atom stereocenters. The molecule has 2 aromatic carbocycles. The van der Waals surface area contributed by atoms with Gasteiger partial charge in [0.25, 0.3) is 0 Å². The van der Waals surface area contributed by atoms with Gasteiger partial charge in [0.2, 0.25) is 0 Å². The first kappa shape index (κ1) is 14.0. The molecule has 0 aromatic heterocycles. The molecular formula is C18H21NO2. The van der Waals surface area contributed by atoms with Gasteiger partial charge in [-0.3, -0.25) is 0 Å². The fourth-order valence-corrected chi connectivity index (χ4v) is 2.70. The minimum absolute atomic E-state index is 0.441. The molecule has 3 rings (SSSR count). The van der Waals surface area contributed by atoms with Crippen molar-refractivity contribution in [3.63, 3.8) is 0 Å². The van der Waals surface area contributed by atoms with Crippen LogP contribution in [0.2, 0.25) is 0 Å². The highest BCUT2D eigenvalue weighted by Crippen LogP contribution is 2.32. The van der Waals surface area contributed by atoms with Gasteiger partial charge in [-0.05, 0) is 30.7 Å². The summed E-state index contributed by atoms with van der Waals surface area (Å²) >= 11 is 0. The van der Waals surface area contributed by atoms with Gasteiger partial charge in [-0.2, -0.15) is 0 Å². The van der Waals surface area contributed by atoms with Gasteiger partial charge >= 0.3 is 0 Å². The van der Waals surface area contributed by atoms with E-state index in [9.17, 15) is 0 Å². The van der Waals surface area contributed by atoms with E-state index in [0.717, 1.165) is 31.2 Å². The summed E-state index contributed by atoms with van der Waals surface area (Å²) in [5, 5.41) is 3.52. The lowest BCUT2D eigenvalue weighted by atomic mass is 10.0. The van der Waals surface area contributed by atoms with Gasteiger partial charge in [0.15, 0.2) is 0 Å². The van der Waals surface area contributed by atoms with Crippen molar-refractivity contribution < 1.29 is 9.47 Å². The van der Waals surface area contributed by atoms with E-state index in [1.54, 1.807) is 0 Å². The third-order valence-corrected chi connectivity index (χ3v) is 3.73. The Balaban J connectivity index is 1.54. The highest BCUT2D eigenvalue weighted by molar-refractivity contribution is 5.39. The van der Waals surface area contributed by atoms with E-state index in [-0.39, 0.29) is 0 Å². The summed E-state index contributed by atoms with van der Waals surface area (Å²) in [6.45, 7) is 5.25. The lowest BCUT2D eigenvalue weighted by Gasteiger charge is -2.11. The first-order valence-corrected chi connectivity index (χ1v) is 7.51. The molecule has 21 heavy (non-hydrogen) atoms. The minimum atomic E-state index is 0.441. The molecular weight excluding hydrogens is 262 g/mol. The molecule has 0 bridgehead atoms. The molecule has 0 amide bonds. The highest BCUT2D eigenvalue weighted by Gasteiger charge is 2.22. The Bertz CT molecular complexity index is 597. The van der Waals surface area contributed by atoms with E-state index in [0.29, 0.717) is 12.5 Å². The van der Waals surface area contributed by atoms with Gasteiger partial charge in [-0.25, -0.2) is 0 Å². The monoisotopic (exact) mass is 283 g/mol. The lowest BCUT2D eigenvalue weighted by Crippen LogP contribution is -2.22. The van der Waals surface area contributed by atoms with Crippen molar-refractivity contribution in [2.24, 2.45) is 0 Å². The van der Waals surface area contributed by atoms with Crippen molar-refractivity contribution in [3.05, 3.63) is 59.7 Å². The Morgan fingerprint density at radius 3 is 3.00 bits per heavy atom. The van der Waals surface area contributed by atoms with Gasteiger partial charge in [-0.15, -0.1) is 0 Å². The minimum Gasteiger partial charge on any atom is -0.494 e. The predicted octanol–water partition coefficient (Wildman–Crippen LogP) is 3.35. The summed E-state index contributed by atoms with van der Waals surface area (Å²) in [6, 6.07) is 16.5. The van der Waals surface area contributed by atoms with Crippen molar-refractivity contribution in [1.29, 1.82) is 0 Å². The molecule has 0 saturated heterocycles. The fourth-order valence-electron chi connectivity index (χ4n) is 2.70. The predicted molar refractivity (Wildman–Crippen MR) is 84.0 cm³/mol. The molecule has 2 aromatic rings. The first-order valence-electron chi connectivity index (χ1n) is 7.51. The number of fused-ring (bicyclic) bond motifs is 1. The van der Waals surface area contributed by atoms with Crippen LogP contribution in [0.15, 0.2) is 48.5 Å². The summed E-state index contributed by atoms with van der Waals surface area (Å²) in [6.07, 6.45) is 0. The number of benzene rings is 2. The number of para-hydroxylation sites is 1. The Labute approximate surface area is 125 Å². The summed E-state index contributed by atoms with van der Waals surface area (Å²) in [4.78, 5) is 0. The molecule has 0 spiro atoms. The molecule has 0 saturated carbocycles. The molecule has 1 N–H and O–H groups in total.